The van der Waals surface area contributed by atoms with Crippen molar-refractivity contribution in [3.8, 4) is 0 Å². The summed E-state index contributed by atoms with van der Waals surface area (Å²) in [5, 5.41) is 7.65. The van der Waals surface area contributed by atoms with E-state index in [1.54, 1.807) is 12.1 Å². The van der Waals surface area contributed by atoms with Crippen molar-refractivity contribution in [3.63, 3.8) is 0 Å². The van der Waals surface area contributed by atoms with E-state index in [1.807, 2.05) is 89.4 Å². The van der Waals surface area contributed by atoms with Crippen LogP contribution in [0, 0.1) is 20.8 Å². The van der Waals surface area contributed by atoms with E-state index in [4.69, 9.17) is 0 Å². The van der Waals surface area contributed by atoms with Gasteiger partial charge in [0.05, 0.1) is 11.4 Å². The molecule has 1 heterocycles. The van der Waals surface area contributed by atoms with Crippen LogP contribution in [0.1, 0.15) is 65.2 Å². The fourth-order valence-electron chi connectivity index (χ4n) is 3.71. The number of carbonyl (C=O) groups excluding carboxylic acids is 3. The molecule has 0 saturated heterocycles. The van der Waals surface area contributed by atoms with Gasteiger partial charge < -0.3 is 10.6 Å². The smallest absolute Gasteiger partial charge is 0.261 e. The second-order valence-corrected chi connectivity index (χ2v) is 10.7. The Hall–Kier alpha value is -3.45. The van der Waals surface area contributed by atoms with Crippen LogP contribution in [0.5, 0.6) is 0 Å². The molecule has 0 aliphatic rings. The number of aryl methyl sites for hydroxylation is 3. The number of hydrogen-bond donors (Lipinski definition) is 2. The van der Waals surface area contributed by atoms with Crippen molar-refractivity contribution in [2.75, 3.05) is 11.4 Å². The average Bonchev–Trinajstić information content (AvgIpc) is 3.38. The number of thiophene rings is 1. The summed E-state index contributed by atoms with van der Waals surface area (Å²) in [6.45, 7) is 11.6. The Labute approximate surface area is 217 Å². The van der Waals surface area contributed by atoms with Gasteiger partial charge in [-0.2, -0.15) is 0 Å². The first-order chi connectivity index (χ1) is 17.0. The minimum atomic E-state index is -0.912. The van der Waals surface area contributed by atoms with E-state index in [2.05, 4.69) is 10.6 Å². The Bertz CT molecular complexity index is 1220. The van der Waals surface area contributed by atoms with Gasteiger partial charge in [0.25, 0.3) is 5.91 Å². The molecule has 0 radical (unpaired) electrons. The van der Waals surface area contributed by atoms with Crippen LogP contribution in [0.2, 0.25) is 0 Å². The van der Waals surface area contributed by atoms with Gasteiger partial charge in [-0.1, -0.05) is 48.9 Å². The minimum absolute atomic E-state index is 0.240. The number of rotatable bonds is 9. The summed E-state index contributed by atoms with van der Waals surface area (Å²) in [4.78, 5) is 42.2. The van der Waals surface area contributed by atoms with E-state index >= 15 is 0 Å². The molecule has 0 saturated carbocycles. The molecule has 0 spiro atoms. The largest absolute Gasteiger partial charge is 0.349 e. The monoisotopic (exact) mass is 505 g/mol. The minimum Gasteiger partial charge on any atom is -0.349 e. The highest BCUT2D eigenvalue weighted by atomic mass is 32.1. The quantitative estimate of drug-likeness (QED) is 0.404. The predicted octanol–water partition coefficient (Wildman–Crippen LogP) is 5.48. The number of anilines is 1. The molecule has 3 aromatic rings. The summed E-state index contributed by atoms with van der Waals surface area (Å²) in [6, 6.07) is 15.9. The summed E-state index contributed by atoms with van der Waals surface area (Å²) < 4.78 is 0. The number of benzene rings is 2. The first-order valence-corrected chi connectivity index (χ1v) is 13.0. The molecular formula is C29H35N3O3S. The van der Waals surface area contributed by atoms with Crippen molar-refractivity contribution >= 4 is 34.7 Å². The van der Waals surface area contributed by atoms with E-state index in [9.17, 15) is 14.4 Å². The van der Waals surface area contributed by atoms with Gasteiger partial charge >= 0.3 is 0 Å². The zero-order chi connectivity index (χ0) is 26.5. The number of amides is 3. The van der Waals surface area contributed by atoms with Gasteiger partial charge in [0, 0.05) is 11.2 Å². The van der Waals surface area contributed by atoms with Gasteiger partial charge in [0.1, 0.15) is 6.04 Å². The van der Waals surface area contributed by atoms with Crippen LogP contribution in [0.25, 0.3) is 0 Å². The molecule has 2 N–H and O–H groups in total. The van der Waals surface area contributed by atoms with Gasteiger partial charge in [0.15, 0.2) is 0 Å². The van der Waals surface area contributed by atoms with E-state index in [0.29, 0.717) is 16.1 Å². The fourth-order valence-corrected chi connectivity index (χ4v) is 4.35. The topological polar surface area (TPSA) is 78.5 Å². The molecule has 0 aliphatic carbocycles. The molecule has 0 fully saturated rings. The Morgan fingerprint density at radius 3 is 2.25 bits per heavy atom. The average molecular weight is 506 g/mol. The van der Waals surface area contributed by atoms with Crippen molar-refractivity contribution in [3.05, 3.63) is 87.1 Å². The van der Waals surface area contributed by atoms with Gasteiger partial charge in [-0.3, -0.25) is 19.3 Å². The van der Waals surface area contributed by atoms with Crippen LogP contribution in [-0.2, 0) is 9.59 Å². The SMILES string of the molecule is CCC(C)(C)NC(=O)[C@H](c1ccc(C)cc1)N(C(=O)CNC(=O)c1cccs1)c1ccc(C)c(C)c1. The maximum absolute atomic E-state index is 13.8. The Morgan fingerprint density at radius 2 is 1.67 bits per heavy atom. The van der Waals surface area contributed by atoms with Crippen LogP contribution >= 0.6 is 11.3 Å². The Balaban J connectivity index is 2.05. The Kier molecular flexibility index (Phi) is 8.69. The second kappa shape index (κ2) is 11.5. The van der Waals surface area contributed by atoms with Crippen molar-refractivity contribution in [1.82, 2.24) is 10.6 Å². The molecule has 3 amide bonds. The number of carbonyl (C=O) groups is 3. The molecule has 2 aromatic carbocycles. The second-order valence-electron chi connectivity index (χ2n) is 9.73. The van der Waals surface area contributed by atoms with Gasteiger partial charge in [-0.25, -0.2) is 0 Å². The van der Waals surface area contributed by atoms with Crippen molar-refractivity contribution in [2.45, 2.75) is 59.5 Å². The highest BCUT2D eigenvalue weighted by molar-refractivity contribution is 7.12. The third kappa shape index (κ3) is 6.61. The number of nitrogens with zero attached hydrogens (tertiary/aromatic N) is 1. The maximum Gasteiger partial charge on any atom is 0.261 e. The molecular weight excluding hydrogens is 470 g/mol. The summed E-state index contributed by atoms with van der Waals surface area (Å²) >= 11 is 1.31. The summed E-state index contributed by atoms with van der Waals surface area (Å²) in [6.07, 6.45) is 0.730. The van der Waals surface area contributed by atoms with Crippen LogP contribution in [0.4, 0.5) is 5.69 Å². The molecule has 1 atom stereocenters. The molecule has 0 aliphatic heterocycles. The third-order valence-corrected chi connectivity index (χ3v) is 7.30. The maximum atomic E-state index is 13.8. The zero-order valence-corrected chi connectivity index (χ0v) is 22.7. The molecule has 1 aromatic heterocycles. The standard InChI is InChI=1S/C29H35N3O3S/c1-7-29(5,6)31-28(35)26(22-13-10-19(2)11-14-22)32(23-15-12-20(3)21(4)17-23)25(33)18-30-27(34)24-9-8-16-36-24/h8-17,26H,7,18H2,1-6H3,(H,30,34)(H,31,35)/t26-/m0/s1. The summed E-state index contributed by atoms with van der Waals surface area (Å²) in [7, 11) is 0. The number of nitrogens with one attached hydrogen (secondary N) is 2. The first-order valence-electron chi connectivity index (χ1n) is 12.1. The fraction of sp³-hybridized carbons (Fsp3) is 0.345. The molecule has 0 bridgehead atoms. The lowest BCUT2D eigenvalue weighted by atomic mass is 9.97. The zero-order valence-electron chi connectivity index (χ0n) is 21.8. The van der Waals surface area contributed by atoms with Gasteiger partial charge in [0.2, 0.25) is 11.8 Å². The lowest BCUT2D eigenvalue weighted by Crippen LogP contribution is -2.52. The van der Waals surface area contributed by atoms with Crippen LogP contribution < -0.4 is 15.5 Å². The van der Waals surface area contributed by atoms with E-state index in [1.165, 1.54) is 16.2 Å². The van der Waals surface area contributed by atoms with Crippen LogP contribution in [-0.4, -0.2) is 29.8 Å². The number of hydrogen-bond acceptors (Lipinski definition) is 4. The van der Waals surface area contributed by atoms with Gasteiger partial charge in [-0.05, 0) is 81.3 Å². The van der Waals surface area contributed by atoms with Crippen LogP contribution in [0.15, 0.2) is 60.0 Å². The van der Waals surface area contributed by atoms with Crippen molar-refractivity contribution in [2.24, 2.45) is 0 Å². The van der Waals surface area contributed by atoms with Gasteiger partial charge in [-0.15, -0.1) is 11.3 Å². The molecule has 3 rings (SSSR count). The lowest BCUT2D eigenvalue weighted by molar-refractivity contribution is -0.127. The van der Waals surface area contributed by atoms with E-state index in [0.717, 1.165) is 23.1 Å². The third-order valence-electron chi connectivity index (χ3n) is 6.43. The highest BCUT2D eigenvalue weighted by Gasteiger charge is 2.35. The lowest BCUT2D eigenvalue weighted by Gasteiger charge is -2.35. The Morgan fingerprint density at radius 1 is 0.972 bits per heavy atom. The summed E-state index contributed by atoms with van der Waals surface area (Å²) in [5.74, 6) is -0.970. The molecule has 6 nitrogen and oxygen atoms in total. The van der Waals surface area contributed by atoms with E-state index in [-0.39, 0.29) is 24.3 Å². The molecule has 7 heteroatoms. The first kappa shape index (κ1) is 27.1. The van der Waals surface area contributed by atoms with Crippen molar-refractivity contribution < 1.29 is 14.4 Å². The highest BCUT2D eigenvalue weighted by Crippen LogP contribution is 2.30. The molecule has 190 valence electrons. The van der Waals surface area contributed by atoms with Crippen molar-refractivity contribution in [1.29, 1.82) is 0 Å². The molecule has 0 unspecified atom stereocenters. The predicted molar refractivity (Wildman–Crippen MR) is 146 cm³/mol. The van der Waals surface area contributed by atoms with E-state index < -0.39 is 11.6 Å². The summed E-state index contributed by atoms with van der Waals surface area (Å²) in [5.41, 5.74) is 3.99. The molecule has 36 heavy (non-hydrogen) atoms. The van der Waals surface area contributed by atoms with Crippen LogP contribution in [0.3, 0.4) is 0 Å². The normalized spacial score (nSPS) is 12.1.